The topological polar surface area (TPSA) is 72.6 Å². The van der Waals surface area contributed by atoms with E-state index in [0.29, 0.717) is 23.8 Å². The molecule has 0 aromatic carbocycles. The fourth-order valence-corrected chi connectivity index (χ4v) is 5.39. The first-order chi connectivity index (χ1) is 8.98. The van der Waals surface area contributed by atoms with Gasteiger partial charge in [-0.3, -0.25) is 0 Å². The molecule has 1 aliphatic rings. The number of methoxy groups -OCH3 is 1. The highest BCUT2D eigenvalue weighted by atomic mass is 32.2. The van der Waals surface area contributed by atoms with Crippen LogP contribution < -0.4 is 5.73 Å². The van der Waals surface area contributed by atoms with Gasteiger partial charge < -0.3 is 10.5 Å². The summed E-state index contributed by atoms with van der Waals surface area (Å²) in [7, 11) is -1.77. The molecule has 1 aromatic heterocycles. The Labute approximate surface area is 118 Å². The van der Waals surface area contributed by atoms with Crippen molar-refractivity contribution in [3.05, 3.63) is 16.5 Å². The maximum absolute atomic E-state index is 12.6. The van der Waals surface area contributed by atoms with Gasteiger partial charge in [0.05, 0.1) is 6.10 Å². The highest BCUT2D eigenvalue weighted by Crippen LogP contribution is 2.29. The average Bonchev–Trinajstić information content (AvgIpc) is 2.80. The summed E-state index contributed by atoms with van der Waals surface area (Å²) in [6, 6.07) is 1.72. The molecule has 0 amide bonds. The summed E-state index contributed by atoms with van der Waals surface area (Å²) in [6.45, 7) is 3.28. The van der Waals surface area contributed by atoms with Crippen molar-refractivity contribution in [1.82, 2.24) is 4.31 Å². The molecule has 1 aromatic rings. The van der Waals surface area contributed by atoms with E-state index in [1.807, 2.05) is 6.92 Å². The molecule has 0 bridgehead atoms. The second-order valence-corrected chi connectivity index (χ2v) is 8.04. The highest BCUT2D eigenvalue weighted by Gasteiger charge is 2.31. The SMILES string of the molecule is COC1CCCN(S(=O)(=O)c2cc(C)c(CN)s2)C1. The van der Waals surface area contributed by atoms with E-state index in [1.54, 1.807) is 13.2 Å². The molecule has 1 atom stereocenters. The summed E-state index contributed by atoms with van der Waals surface area (Å²) >= 11 is 1.27. The second-order valence-electron chi connectivity index (χ2n) is 4.74. The molecular formula is C12H20N2O3S2. The van der Waals surface area contributed by atoms with Gasteiger partial charge in [0, 0.05) is 31.6 Å². The van der Waals surface area contributed by atoms with E-state index in [0.717, 1.165) is 23.3 Å². The number of hydrogen-bond acceptors (Lipinski definition) is 5. The van der Waals surface area contributed by atoms with Gasteiger partial charge in [-0.1, -0.05) is 0 Å². The molecule has 0 aliphatic carbocycles. The number of piperidine rings is 1. The molecule has 1 saturated heterocycles. The van der Waals surface area contributed by atoms with Gasteiger partial charge in [-0.25, -0.2) is 8.42 Å². The maximum Gasteiger partial charge on any atom is 0.252 e. The predicted octanol–water partition coefficient (Wildman–Crippen LogP) is 1.31. The van der Waals surface area contributed by atoms with Gasteiger partial charge in [-0.2, -0.15) is 4.31 Å². The Balaban J connectivity index is 2.25. The van der Waals surface area contributed by atoms with E-state index in [4.69, 9.17) is 10.5 Å². The normalized spacial score (nSPS) is 21.7. The van der Waals surface area contributed by atoms with Crippen LogP contribution in [0.3, 0.4) is 0 Å². The van der Waals surface area contributed by atoms with Gasteiger partial charge >= 0.3 is 0 Å². The molecule has 1 fully saturated rings. The smallest absolute Gasteiger partial charge is 0.252 e. The molecule has 2 heterocycles. The standard InChI is InChI=1S/C12H20N2O3S2/c1-9-6-12(18-11(9)7-13)19(15,16)14-5-3-4-10(8-14)17-2/h6,10H,3-5,7-8,13H2,1-2H3. The molecule has 1 unspecified atom stereocenters. The van der Waals surface area contributed by atoms with Crippen molar-refractivity contribution < 1.29 is 13.2 Å². The first kappa shape index (κ1) is 14.9. The third-order valence-corrected chi connectivity index (χ3v) is 7.03. The quantitative estimate of drug-likeness (QED) is 0.910. The molecule has 7 heteroatoms. The van der Waals surface area contributed by atoms with Crippen molar-refractivity contribution in [3.63, 3.8) is 0 Å². The summed E-state index contributed by atoms with van der Waals surface area (Å²) in [5.74, 6) is 0. The zero-order valence-electron chi connectivity index (χ0n) is 11.3. The Kier molecular flexibility index (Phi) is 4.62. The van der Waals surface area contributed by atoms with Crippen molar-refractivity contribution in [2.75, 3.05) is 20.2 Å². The van der Waals surface area contributed by atoms with E-state index < -0.39 is 10.0 Å². The Hall–Kier alpha value is -0.470. The summed E-state index contributed by atoms with van der Waals surface area (Å²) in [4.78, 5) is 0.930. The van der Waals surface area contributed by atoms with E-state index >= 15 is 0 Å². The van der Waals surface area contributed by atoms with Crippen molar-refractivity contribution in [2.45, 2.75) is 36.6 Å². The fourth-order valence-electron chi connectivity index (χ4n) is 2.26. The van der Waals surface area contributed by atoms with Crippen LogP contribution in [-0.2, 0) is 21.3 Å². The van der Waals surface area contributed by atoms with E-state index in [2.05, 4.69) is 0 Å². The van der Waals surface area contributed by atoms with E-state index in [9.17, 15) is 8.42 Å². The molecule has 2 rings (SSSR count). The third-order valence-electron chi connectivity index (χ3n) is 3.45. The van der Waals surface area contributed by atoms with Crippen LogP contribution in [0.25, 0.3) is 0 Å². The molecule has 2 N–H and O–H groups in total. The van der Waals surface area contributed by atoms with Crippen molar-refractivity contribution in [3.8, 4) is 0 Å². The molecule has 108 valence electrons. The van der Waals surface area contributed by atoms with Gasteiger partial charge in [0.25, 0.3) is 10.0 Å². The highest BCUT2D eigenvalue weighted by molar-refractivity contribution is 7.91. The Morgan fingerprint density at radius 3 is 2.89 bits per heavy atom. The predicted molar refractivity (Wildman–Crippen MR) is 75.7 cm³/mol. The number of sulfonamides is 1. The molecule has 0 spiro atoms. The van der Waals surface area contributed by atoms with E-state index in [-0.39, 0.29) is 6.10 Å². The Morgan fingerprint density at radius 2 is 2.32 bits per heavy atom. The number of hydrogen-bond donors (Lipinski definition) is 1. The Bertz CT molecular complexity index is 539. The van der Waals surface area contributed by atoms with Crippen LogP contribution in [0.5, 0.6) is 0 Å². The van der Waals surface area contributed by atoms with Crippen LogP contribution in [0.1, 0.15) is 23.3 Å². The van der Waals surface area contributed by atoms with Crippen LogP contribution in [-0.4, -0.2) is 39.0 Å². The molecule has 0 saturated carbocycles. The number of nitrogens with zero attached hydrogens (tertiary/aromatic N) is 1. The van der Waals surface area contributed by atoms with Crippen LogP contribution in [0, 0.1) is 6.92 Å². The number of aryl methyl sites for hydroxylation is 1. The zero-order chi connectivity index (χ0) is 14.0. The molecule has 1 aliphatic heterocycles. The minimum atomic E-state index is -3.40. The number of thiophene rings is 1. The van der Waals surface area contributed by atoms with Crippen molar-refractivity contribution in [2.24, 2.45) is 5.73 Å². The molecule has 0 radical (unpaired) electrons. The van der Waals surface area contributed by atoms with Crippen LogP contribution in [0.2, 0.25) is 0 Å². The van der Waals surface area contributed by atoms with Crippen LogP contribution >= 0.6 is 11.3 Å². The van der Waals surface area contributed by atoms with Gasteiger partial charge in [0.15, 0.2) is 0 Å². The monoisotopic (exact) mass is 304 g/mol. The van der Waals surface area contributed by atoms with Gasteiger partial charge in [0.2, 0.25) is 0 Å². The zero-order valence-corrected chi connectivity index (χ0v) is 12.9. The van der Waals surface area contributed by atoms with Crippen molar-refractivity contribution >= 4 is 21.4 Å². The number of ether oxygens (including phenoxy) is 1. The third kappa shape index (κ3) is 3.00. The summed E-state index contributed by atoms with van der Waals surface area (Å²) < 4.78 is 32.3. The first-order valence-electron chi connectivity index (χ1n) is 6.31. The minimum Gasteiger partial charge on any atom is -0.380 e. The first-order valence-corrected chi connectivity index (χ1v) is 8.57. The number of rotatable bonds is 4. The molecule has 5 nitrogen and oxygen atoms in total. The Morgan fingerprint density at radius 1 is 1.58 bits per heavy atom. The van der Waals surface area contributed by atoms with Gasteiger partial charge in [-0.15, -0.1) is 11.3 Å². The van der Waals surface area contributed by atoms with Crippen LogP contribution in [0.15, 0.2) is 10.3 Å². The fraction of sp³-hybridized carbons (Fsp3) is 0.667. The number of nitrogens with two attached hydrogens (primary N) is 1. The largest absolute Gasteiger partial charge is 0.380 e. The van der Waals surface area contributed by atoms with Gasteiger partial charge in [0.1, 0.15) is 4.21 Å². The van der Waals surface area contributed by atoms with E-state index in [1.165, 1.54) is 15.6 Å². The average molecular weight is 304 g/mol. The van der Waals surface area contributed by atoms with Crippen LogP contribution in [0.4, 0.5) is 0 Å². The minimum absolute atomic E-state index is 0.00133. The lowest BCUT2D eigenvalue weighted by atomic mass is 10.1. The maximum atomic E-state index is 12.6. The molecule has 19 heavy (non-hydrogen) atoms. The lowest BCUT2D eigenvalue weighted by Crippen LogP contribution is -2.42. The summed E-state index contributed by atoms with van der Waals surface area (Å²) in [5, 5.41) is 0. The van der Waals surface area contributed by atoms with Gasteiger partial charge in [-0.05, 0) is 31.4 Å². The molecular weight excluding hydrogens is 284 g/mol. The lowest BCUT2D eigenvalue weighted by molar-refractivity contribution is 0.0572. The summed E-state index contributed by atoms with van der Waals surface area (Å²) in [5.41, 5.74) is 6.56. The second kappa shape index (κ2) is 5.88. The lowest BCUT2D eigenvalue weighted by Gasteiger charge is -2.30. The summed E-state index contributed by atoms with van der Waals surface area (Å²) in [6.07, 6.45) is 1.75. The van der Waals surface area contributed by atoms with Crippen molar-refractivity contribution in [1.29, 1.82) is 0 Å².